The van der Waals surface area contributed by atoms with E-state index in [0.717, 1.165) is 5.69 Å². The number of para-hydroxylation sites is 1. The van der Waals surface area contributed by atoms with Gasteiger partial charge in [0.05, 0.1) is 18.4 Å². The van der Waals surface area contributed by atoms with Gasteiger partial charge < -0.3 is 14.4 Å². The van der Waals surface area contributed by atoms with Gasteiger partial charge in [-0.2, -0.15) is 0 Å². The number of hydrogen-bond acceptors (Lipinski definition) is 5. The van der Waals surface area contributed by atoms with Gasteiger partial charge in [-0.1, -0.05) is 18.2 Å². The molecule has 0 saturated carbocycles. The van der Waals surface area contributed by atoms with Crippen molar-refractivity contribution in [3.05, 3.63) is 60.2 Å². The topological polar surface area (TPSA) is 42.0 Å². The summed E-state index contributed by atoms with van der Waals surface area (Å²) < 4.78 is 10.4. The van der Waals surface area contributed by atoms with Gasteiger partial charge in [0.25, 0.3) is 5.17 Å². The lowest BCUT2D eigenvalue weighted by Gasteiger charge is -2.28. The van der Waals surface area contributed by atoms with Crippen molar-refractivity contribution in [2.24, 2.45) is 0 Å². The molecule has 2 aromatic carbocycles. The lowest BCUT2D eigenvalue weighted by atomic mass is 10.2. The van der Waals surface area contributed by atoms with Crippen LogP contribution in [-0.2, 0) is 4.74 Å². The molecule has 0 N–H and O–H groups in total. The van der Waals surface area contributed by atoms with E-state index in [1.807, 2.05) is 44.4 Å². The smallest absolute Gasteiger partial charge is 0.337 e. The quantitative estimate of drug-likeness (QED) is 0.602. The number of carbonyl (C=O) groups is 1. The van der Waals surface area contributed by atoms with Gasteiger partial charge in [-0.3, -0.25) is 0 Å². The summed E-state index contributed by atoms with van der Waals surface area (Å²) in [7, 11) is 5.01. The van der Waals surface area contributed by atoms with Gasteiger partial charge in [0.1, 0.15) is 5.75 Å². The van der Waals surface area contributed by atoms with E-state index in [2.05, 4.69) is 4.74 Å². The van der Waals surface area contributed by atoms with E-state index >= 15 is 0 Å². The Kier molecular flexibility index (Phi) is 6.44. The monoisotopic (exact) mass is 374 g/mol. The molecule has 0 heterocycles. The zero-order valence-electron chi connectivity index (χ0n) is 14.1. The number of benzene rings is 2. The summed E-state index contributed by atoms with van der Waals surface area (Å²) in [6, 6.07) is 16.0. The number of esters is 1. The summed E-state index contributed by atoms with van der Waals surface area (Å²) in [4.78, 5) is 14.9. The molecule has 0 aliphatic heterocycles. The van der Waals surface area contributed by atoms with Crippen LogP contribution in [-0.4, -0.2) is 42.4 Å². The maximum atomic E-state index is 11.5. The molecule has 0 aliphatic carbocycles. The Morgan fingerprint density at radius 2 is 1.56 bits per heavy atom. The Balaban J connectivity index is 2.22. The molecule has 0 amide bonds. The highest BCUT2D eigenvalue weighted by atomic mass is 32.1. The fraction of sp³-hybridized carbons (Fsp3) is 0.167. The molecule has 0 fully saturated rings. The second kappa shape index (κ2) is 8.55. The molecule has 0 radical (unpaired) electrons. The van der Waals surface area contributed by atoms with E-state index < -0.39 is 5.97 Å². The van der Waals surface area contributed by atoms with Gasteiger partial charge in [-0.15, -0.1) is 0 Å². The number of carbonyl (C=O) groups excluding carboxylic acids is 1. The van der Waals surface area contributed by atoms with Crippen LogP contribution in [0.3, 0.4) is 0 Å². The van der Waals surface area contributed by atoms with Crippen LogP contribution in [0.2, 0.25) is 0 Å². The summed E-state index contributed by atoms with van der Waals surface area (Å²) in [6.07, 6.45) is 0. The molecule has 7 heteroatoms. The van der Waals surface area contributed by atoms with Crippen LogP contribution < -0.4 is 9.64 Å². The minimum atomic E-state index is -0.408. The minimum Gasteiger partial charge on any atom is -0.465 e. The van der Waals surface area contributed by atoms with Crippen LogP contribution in [0.4, 0.5) is 5.69 Å². The molecule has 2 aromatic rings. The van der Waals surface area contributed by atoms with Crippen molar-refractivity contribution in [1.29, 1.82) is 0 Å². The lowest BCUT2D eigenvalue weighted by Crippen LogP contribution is -2.44. The number of thiocarbonyl (C=S) groups is 2. The molecular weight excluding hydrogens is 356 g/mol. The first kappa shape index (κ1) is 18.8. The van der Waals surface area contributed by atoms with Gasteiger partial charge in [0.15, 0.2) is 5.11 Å². The average molecular weight is 374 g/mol. The van der Waals surface area contributed by atoms with Gasteiger partial charge in [-0.05, 0) is 60.8 Å². The third-order valence-corrected chi connectivity index (χ3v) is 4.07. The van der Waals surface area contributed by atoms with Crippen molar-refractivity contribution in [3.8, 4) is 5.75 Å². The maximum absolute atomic E-state index is 11.5. The number of nitrogens with zero attached hydrogens (tertiary/aromatic N) is 2. The van der Waals surface area contributed by atoms with E-state index in [1.54, 1.807) is 34.1 Å². The SMILES string of the molecule is COC(=O)c1ccc(OC(=S)N(C(=S)N(C)C)c2ccccc2)cc1. The van der Waals surface area contributed by atoms with Crippen LogP contribution >= 0.6 is 24.4 Å². The molecule has 2 rings (SSSR count). The second-order valence-electron chi connectivity index (χ2n) is 5.23. The average Bonchev–Trinajstić information content (AvgIpc) is 2.62. The molecule has 130 valence electrons. The molecule has 5 nitrogen and oxygen atoms in total. The van der Waals surface area contributed by atoms with E-state index in [1.165, 1.54) is 7.11 Å². The summed E-state index contributed by atoms with van der Waals surface area (Å²) >= 11 is 10.9. The Hall–Kier alpha value is -2.51. The van der Waals surface area contributed by atoms with Crippen LogP contribution in [0.5, 0.6) is 5.75 Å². The molecule has 0 aliphatic rings. The maximum Gasteiger partial charge on any atom is 0.337 e. The molecular formula is C18H18N2O3S2. The normalized spacial score (nSPS) is 9.88. The molecule has 0 aromatic heterocycles. The van der Waals surface area contributed by atoms with Crippen molar-refractivity contribution in [1.82, 2.24) is 4.90 Å². The highest BCUT2D eigenvalue weighted by molar-refractivity contribution is 7.82. The summed E-state index contributed by atoms with van der Waals surface area (Å²) in [5.74, 6) is 0.0916. The molecule has 0 bridgehead atoms. The largest absolute Gasteiger partial charge is 0.465 e. The Morgan fingerprint density at radius 3 is 2.08 bits per heavy atom. The number of methoxy groups -OCH3 is 1. The molecule has 0 unspecified atom stereocenters. The molecule has 0 saturated heterocycles. The Morgan fingerprint density at radius 1 is 0.960 bits per heavy atom. The van der Waals surface area contributed by atoms with E-state index in [0.29, 0.717) is 16.4 Å². The number of ether oxygens (including phenoxy) is 2. The first-order valence-corrected chi connectivity index (χ1v) is 8.22. The van der Waals surface area contributed by atoms with E-state index in [4.69, 9.17) is 29.2 Å². The van der Waals surface area contributed by atoms with Crippen molar-refractivity contribution in [2.45, 2.75) is 0 Å². The van der Waals surface area contributed by atoms with Gasteiger partial charge in [0, 0.05) is 14.1 Å². The highest BCUT2D eigenvalue weighted by Gasteiger charge is 2.20. The zero-order chi connectivity index (χ0) is 18.4. The van der Waals surface area contributed by atoms with E-state index in [-0.39, 0.29) is 5.17 Å². The predicted octanol–water partition coefficient (Wildman–Crippen LogP) is 3.49. The fourth-order valence-corrected chi connectivity index (χ4v) is 2.53. The fourth-order valence-electron chi connectivity index (χ4n) is 1.99. The number of anilines is 1. The summed E-state index contributed by atoms with van der Waals surface area (Å²) in [5.41, 5.74) is 1.24. The zero-order valence-corrected chi connectivity index (χ0v) is 15.8. The van der Waals surface area contributed by atoms with Crippen LogP contribution in [0.25, 0.3) is 0 Å². The molecule has 0 atom stereocenters. The number of hydrogen-bond donors (Lipinski definition) is 0. The summed E-state index contributed by atoms with van der Waals surface area (Å²) in [5, 5.41) is 0.693. The standard InChI is InChI=1S/C18H18N2O3S2/c1-19(2)17(24)20(14-7-5-4-6-8-14)18(25)23-15-11-9-13(10-12-15)16(21)22-3/h4-12H,1-3H3. The third kappa shape index (κ3) is 4.74. The highest BCUT2D eigenvalue weighted by Crippen LogP contribution is 2.19. The molecule has 0 spiro atoms. The predicted molar refractivity (Wildman–Crippen MR) is 106 cm³/mol. The first-order chi connectivity index (χ1) is 11.9. The Labute approximate surface area is 157 Å². The van der Waals surface area contributed by atoms with Crippen molar-refractivity contribution in [3.63, 3.8) is 0 Å². The number of rotatable bonds is 3. The van der Waals surface area contributed by atoms with Crippen molar-refractivity contribution in [2.75, 3.05) is 26.1 Å². The van der Waals surface area contributed by atoms with Gasteiger partial charge in [-0.25, -0.2) is 9.69 Å². The van der Waals surface area contributed by atoms with Gasteiger partial charge >= 0.3 is 5.97 Å². The lowest BCUT2D eigenvalue weighted by molar-refractivity contribution is 0.0600. The molecule has 25 heavy (non-hydrogen) atoms. The first-order valence-electron chi connectivity index (χ1n) is 7.40. The second-order valence-corrected chi connectivity index (χ2v) is 5.95. The van der Waals surface area contributed by atoms with Crippen LogP contribution in [0.1, 0.15) is 10.4 Å². The van der Waals surface area contributed by atoms with E-state index in [9.17, 15) is 4.79 Å². The third-order valence-electron chi connectivity index (χ3n) is 3.25. The minimum absolute atomic E-state index is 0.190. The van der Waals surface area contributed by atoms with Crippen LogP contribution in [0.15, 0.2) is 54.6 Å². The van der Waals surface area contributed by atoms with Crippen LogP contribution in [0, 0.1) is 0 Å². The summed E-state index contributed by atoms with van der Waals surface area (Å²) in [6.45, 7) is 0. The Bertz CT molecular complexity index is 762. The van der Waals surface area contributed by atoms with Gasteiger partial charge in [0.2, 0.25) is 0 Å². The van der Waals surface area contributed by atoms with Crippen molar-refractivity contribution >= 4 is 46.4 Å². The van der Waals surface area contributed by atoms with Crippen molar-refractivity contribution < 1.29 is 14.3 Å².